The molecule has 7 N–H and O–H groups in total. The fourth-order valence-electron chi connectivity index (χ4n) is 5.79. The molecule has 2 fully saturated rings. The lowest BCUT2D eigenvalue weighted by Crippen LogP contribution is -2.71. The molecule has 6 rings (SSSR count). The number of benzene rings is 2. The number of carbonyl (C=O) groups excluding carboxylic acids is 1. The molecule has 2 aliphatic heterocycles. The summed E-state index contributed by atoms with van der Waals surface area (Å²) in [5, 5.41) is 13.5. The van der Waals surface area contributed by atoms with E-state index in [0.717, 1.165) is 56.6 Å². The van der Waals surface area contributed by atoms with Gasteiger partial charge in [-0.05, 0) is 61.3 Å². The molecule has 0 radical (unpaired) electrons. The van der Waals surface area contributed by atoms with E-state index in [0.29, 0.717) is 47.3 Å². The quantitative estimate of drug-likeness (QED) is 0.234. The summed E-state index contributed by atoms with van der Waals surface area (Å²) >= 11 is 0. The largest absolute Gasteiger partial charge is 0.403 e. The number of allylic oxidation sites excluding steroid dienone is 1. The van der Waals surface area contributed by atoms with Crippen LogP contribution < -0.4 is 26.7 Å². The SMILES string of the molecule is N/C=C(\C=[NH+]CC1CCOCC1)Nc1nc(N)nc(-c2cccc(N3CCc4cc(C5CC5)cc(F)c4C3=O)c2CO)n1. The van der Waals surface area contributed by atoms with Crippen LogP contribution in [0, 0.1) is 11.7 Å². The molecule has 11 nitrogen and oxygen atoms in total. The average Bonchev–Trinajstić information content (AvgIpc) is 3.86. The van der Waals surface area contributed by atoms with Crippen LogP contribution in [0.15, 0.2) is 42.2 Å². The van der Waals surface area contributed by atoms with Crippen LogP contribution in [0.3, 0.4) is 0 Å². The average molecular weight is 588 g/mol. The molecular weight excluding hydrogens is 551 g/mol. The minimum atomic E-state index is -0.500. The Morgan fingerprint density at radius 1 is 1.19 bits per heavy atom. The summed E-state index contributed by atoms with van der Waals surface area (Å²) in [6.45, 7) is 2.27. The minimum absolute atomic E-state index is 0.0372. The Morgan fingerprint density at radius 3 is 2.74 bits per heavy atom. The summed E-state index contributed by atoms with van der Waals surface area (Å²) in [4.78, 5) is 31.4. The molecule has 3 aliphatic rings. The number of aliphatic hydroxyl groups is 1. The molecule has 0 bridgehead atoms. The second-order valence-corrected chi connectivity index (χ2v) is 11.2. The number of carbonyl (C=O) groups is 1. The van der Waals surface area contributed by atoms with Crippen molar-refractivity contribution in [1.82, 2.24) is 15.0 Å². The van der Waals surface area contributed by atoms with Gasteiger partial charge in [0, 0.05) is 43.0 Å². The Kier molecular flexibility index (Phi) is 8.30. The van der Waals surface area contributed by atoms with Gasteiger partial charge in [0.15, 0.2) is 12.0 Å². The van der Waals surface area contributed by atoms with Crippen LogP contribution >= 0.6 is 0 Å². The van der Waals surface area contributed by atoms with E-state index in [1.807, 2.05) is 6.07 Å². The third-order valence-electron chi connectivity index (χ3n) is 8.24. The number of hydrogen-bond donors (Lipinski definition) is 5. The van der Waals surface area contributed by atoms with Crippen molar-refractivity contribution in [2.75, 3.05) is 42.3 Å². The highest BCUT2D eigenvalue weighted by molar-refractivity contribution is 6.09. The van der Waals surface area contributed by atoms with Crippen molar-refractivity contribution in [3.63, 3.8) is 0 Å². The molecule has 1 aromatic heterocycles. The van der Waals surface area contributed by atoms with E-state index in [9.17, 15) is 9.90 Å². The van der Waals surface area contributed by atoms with Crippen LogP contribution in [0.4, 0.5) is 22.0 Å². The van der Waals surface area contributed by atoms with Crippen LogP contribution in [-0.4, -0.2) is 58.5 Å². The van der Waals surface area contributed by atoms with Crippen molar-refractivity contribution < 1.29 is 24.0 Å². The van der Waals surface area contributed by atoms with Crippen molar-refractivity contribution in [3.8, 4) is 11.4 Å². The monoisotopic (exact) mass is 587 g/mol. The number of hydrogen-bond acceptors (Lipinski definition) is 9. The van der Waals surface area contributed by atoms with Gasteiger partial charge in [-0.1, -0.05) is 18.2 Å². The van der Waals surface area contributed by atoms with Gasteiger partial charge in [0.1, 0.15) is 18.1 Å². The van der Waals surface area contributed by atoms with Crippen molar-refractivity contribution in [2.24, 2.45) is 11.7 Å². The Morgan fingerprint density at radius 2 is 2.00 bits per heavy atom. The number of nitrogen functional groups attached to an aromatic ring is 1. The van der Waals surface area contributed by atoms with Gasteiger partial charge in [0.05, 0.1) is 17.9 Å². The number of nitrogens with zero attached hydrogens (tertiary/aromatic N) is 4. The highest BCUT2D eigenvalue weighted by atomic mass is 19.1. The van der Waals surface area contributed by atoms with E-state index in [4.69, 9.17) is 16.2 Å². The first-order valence-corrected chi connectivity index (χ1v) is 14.7. The zero-order chi connectivity index (χ0) is 29.9. The molecule has 1 saturated heterocycles. The number of nitrogens with one attached hydrogen (secondary N) is 2. The van der Waals surface area contributed by atoms with E-state index in [1.165, 1.54) is 17.2 Å². The maximum atomic E-state index is 15.2. The molecule has 0 atom stereocenters. The summed E-state index contributed by atoms with van der Waals surface area (Å²) in [5.74, 6) is 0.299. The molecule has 3 heterocycles. The second-order valence-electron chi connectivity index (χ2n) is 11.2. The van der Waals surface area contributed by atoms with E-state index in [2.05, 4.69) is 25.3 Å². The predicted octanol–water partition coefficient (Wildman–Crippen LogP) is 1.62. The van der Waals surface area contributed by atoms with Crippen LogP contribution in [0.5, 0.6) is 0 Å². The lowest BCUT2D eigenvalue weighted by atomic mass is 9.93. The van der Waals surface area contributed by atoms with Gasteiger partial charge in [0.25, 0.3) is 5.91 Å². The topological polar surface area (TPSA) is 166 Å². The number of aromatic nitrogens is 3. The third-order valence-corrected chi connectivity index (χ3v) is 8.24. The van der Waals surface area contributed by atoms with Gasteiger partial charge in [-0.15, -0.1) is 0 Å². The maximum Gasteiger partial charge on any atom is 0.261 e. The van der Waals surface area contributed by atoms with E-state index in [1.54, 1.807) is 24.4 Å². The first-order chi connectivity index (χ1) is 20.9. The molecule has 1 saturated carbocycles. The fraction of sp³-hybridized carbons (Fsp3) is 0.387. The molecule has 43 heavy (non-hydrogen) atoms. The van der Waals surface area contributed by atoms with Gasteiger partial charge < -0.3 is 31.5 Å². The smallest absolute Gasteiger partial charge is 0.261 e. The number of ether oxygens (including phenoxy) is 1. The van der Waals surface area contributed by atoms with E-state index < -0.39 is 18.3 Å². The molecule has 224 valence electrons. The molecule has 1 amide bonds. The number of halogens is 1. The number of aliphatic hydroxyl groups excluding tert-OH is 1. The number of nitrogens with two attached hydrogens (primary N) is 2. The summed E-state index contributed by atoms with van der Waals surface area (Å²) in [6, 6.07) is 8.67. The molecular formula is C31H36FN8O3+. The van der Waals surface area contributed by atoms with Crippen molar-refractivity contribution in [1.29, 1.82) is 0 Å². The van der Waals surface area contributed by atoms with Crippen LogP contribution in [0.1, 0.15) is 58.6 Å². The second kappa shape index (κ2) is 12.4. The van der Waals surface area contributed by atoms with Gasteiger partial charge in [-0.25, -0.2) is 9.38 Å². The van der Waals surface area contributed by atoms with Gasteiger partial charge >= 0.3 is 0 Å². The minimum Gasteiger partial charge on any atom is -0.403 e. The number of amides is 1. The summed E-state index contributed by atoms with van der Waals surface area (Å²) < 4.78 is 20.6. The van der Waals surface area contributed by atoms with Crippen LogP contribution in [0.25, 0.3) is 11.4 Å². The van der Waals surface area contributed by atoms with Gasteiger partial charge in [0.2, 0.25) is 11.9 Å². The Balaban J connectivity index is 1.25. The highest BCUT2D eigenvalue weighted by Crippen LogP contribution is 2.42. The first kappa shape index (κ1) is 28.7. The molecule has 12 heteroatoms. The third kappa shape index (κ3) is 6.20. The number of fused-ring (bicyclic) bond motifs is 1. The Hall–Kier alpha value is -4.42. The Labute approximate surface area is 248 Å². The Bertz CT molecular complexity index is 1580. The summed E-state index contributed by atoms with van der Waals surface area (Å²) in [5.41, 5.74) is 15.6. The van der Waals surface area contributed by atoms with E-state index >= 15 is 4.39 Å². The summed E-state index contributed by atoms with van der Waals surface area (Å²) in [6.07, 6.45) is 7.76. The predicted molar refractivity (Wildman–Crippen MR) is 161 cm³/mol. The van der Waals surface area contributed by atoms with Crippen molar-refractivity contribution >= 4 is 29.7 Å². The van der Waals surface area contributed by atoms with Crippen LogP contribution in [0.2, 0.25) is 0 Å². The number of rotatable bonds is 9. The van der Waals surface area contributed by atoms with Gasteiger partial charge in [-0.3, -0.25) is 4.79 Å². The van der Waals surface area contributed by atoms with E-state index in [-0.39, 0.29) is 23.3 Å². The zero-order valence-electron chi connectivity index (χ0n) is 23.9. The number of anilines is 3. The molecule has 0 spiro atoms. The molecule has 1 aliphatic carbocycles. The maximum absolute atomic E-state index is 15.2. The van der Waals surface area contributed by atoms with Crippen LogP contribution in [-0.2, 0) is 17.8 Å². The molecule has 2 aromatic carbocycles. The van der Waals surface area contributed by atoms with Gasteiger partial charge in [-0.2, -0.15) is 15.0 Å². The lowest BCUT2D eigenvalue weighted by Gasteiger charge is -2.31. The normalized spacial score (nSPS) is 17.9. The summed E-state index contributed by atoms with van der Waals surface area (Å²) in [7, 11) is 0. The van der Waals surface area contributed by atoms with Crippen molar-refractivity contribution in [3.05, 3.63) is 70.3 Å². The standard InChI is InChI=1S/C31H35FN8O3/c32-25-13-21(19-4-5-19)12-20-6-9-40(29(42)27(20)25)26-3-1-2-23(24(26)17-41)28-37-30(34)39-31(38-28)36-22(14-33)16-35-15-18-7-10-43-11-8-18/h1-3,12-14,16,18-19,41H,4-11,15,17,33H2,(H3,34,36,37,38,39)/p+1/b22-14+,35-16?. The highest BCUT2D eigenvalue weighted by Gasteiger charge is 2.33. The zero-order valence-corrected chi connectivity index (χ0v) is 23.9. The molecule has 0 unspecified atom stereocenters. The fourth-order valence-corrected chi connectivity index (χ4v) is 5.79. The van der Waals surface area contributed by atoms with Crippen molar-refractivity contribution in [2.45, 2.75) is 44.6 Å². The first-order valence-electron chi connectivity index (χ1n) is 14.7. The molecule has 3 aromatic rings. The lowest BCUT2D eigenvalue weighted by molar-refractivity contribution is -0.462.